The highest BCUT2D eigenvalue weighted by molar-refractivity contribution is 5.73. The van der Waals surface area contributed by atoms with Crippen molar-refractivity contribution in [2.45, 2.75) is 31.6 Å². The Balaban J connectivity index is 1.48. The van der Waals surface area contributed by atoms with E-state index in [1.807, 2.05) is 12.1 Å². The van der Waals surface area contributed by atoms with E-state index >= 15 is 0 Å². The number of nitrogens with one attached hydrogen (secondary N) is 2. The predicted octanol–water partition coefficient (Wildman–Crippen LogP) is 3.25. The van der Waals surface area contributed by atoms with Crippen molar-refractivity contribution in [2.75, 3.05) is 26.2 Å². The Hall–Kier alpha value is -2.75. The van der Waals surface area contributed by atoms with Crippen LogP contribution in [0, 0.1) is 0 Å². The van der Waals surface area contributed by atoms with Gasteiger partial charge in [0, 0.05) is 25.4 Å². The molecule has 3 heterocycles. The van der Waals surface area contributed by atoms with Crippen LogP contribution in [0.5, 0.6) is 5.88 Å². The third kappa shape index (κ3) is 6.67. The summed E-state index contributed by atoms with van der Waals surface area (Å²) in [5.74, 6) is 0.654. The van der Waals surface area contributed by atoms with Crippen LogP contribution in [0.1, 0.15) is 30.2 Å². The molecule has 158 valence electrons. The van der Waals surface area contributed by atoms with Gasteiger partial charge in [-0.2, -0.15) is 13.2 Å². The number of hydrogen-bond donors (Lipinski definition) is 2. The smallest absolute Gasteiger partial charge is 0.422 e. The third-order valence-corrected chi connectivity index (χ3v) is 4.55. The fourth-order valence-electron chi connectivity index (χ4n) is 3.17. The van der Waals surface area contributed by atoms with Crippen molar-refractivity contribution >= 4 is 6.03 Å². The maximum atomic E-state index is 12.2. The molecule has 2 aromatic heterocycles. The second-order valence-electron chi connectivity index (χ2n) is 6.74. The molecule has 0 spiro atoms. The van der Waals surface area contributed by atoms with Crippen molar-refractivity contribution in [3.63, 3.8) is 0 Å². The SMILES string of the molecule is O=C(NCc1ccnc(OCC(F)(F)F)c1)NCC(c1ccco1)N1CCCC1. The molecular formula is C19H23F3N4O3. The number of carbonyl (C=O) groups excluding carboxylic acids is 1. The molecule has 2 N–H and O–H groups in total. The van der Waals surface area contributed by atoms with Gasteiger partial charge in [-0.05, 0) is 49.7 Å². The Kier molecular flexibility index (Phi) is 6.97. The second-order valence-corrected chi connectivity index (χ2v) is 6.74. The summed E-state index contributed by atoms with van der Waals surface area (Å²) in [6, 6.07) is 6.25. The average Bonchev–Trinajstić information content (AvgIpc) is 3.39. The van der Waals surface area contributed by atoms with Gasteiger partial charge < -0.3 is 19.8 Å². The van der Waals surface area contributed by atoms with Gasteiger partial charge in [0.1, 0.15) is 5.76 Å². The van der Waals surface area contributed by atoms with Crippen LogP contribution in [-0.2, 0) is 6.54 Å². The fourth-order valence-corrected chi connectivity index (χ4v) is 3.17. The van der Waals surface area contributed by atoms with Gasteiger partial charge in [0.2, 0.25) is 5.88 Å². The molecule has 2 aromatic rings. The van der Waals surface area contributed by atoms with Gasteiger partial charge in [-0.25, -0.2) is 9.78 Å². The van der Waals surface area contributed by atoms with E-state index in [9.17, 15) is 18.0 Å². The number of urea groups is 1. The molecule has 3 rings (SSSR count). The van der Waals surface area contributed by atoms with E-state index in [4.69, 9.17) is 4.42 Å². The fraction of sp³-hybridized carbons (Fsp3) is 0.474. The van der Waals surface area contributed by atoms with Crippen LogP contribution < -0.4 is 15.4 Å². The molecule has 0 saturated carbocycles. The van der Waals surface area contributed by atoms with E-state index < -0.39 is 12.8 Å². The lowest BCUT2D eigenvalue weighted by Gasteiger charge is -2.26. The van der Waals surface area contributed by atoms with Crippen LogP contribution in [-0.4, -0.2) is 48.3 Å². The topological polar surface area (TPSA) is 79.6 Å². The Morgan fingerprint density at radius 3 is 2.76 bits per heavy atom. The Bertz CT molecular complexity index is 777. The number of nitrogens with zero attached hydrogens (tertiary/aromatic N) is 2. The first-order valence-corrected chi connectivity index (χ1v) is 9.34. The lowest BCUT2D eigenvalue weighted by atomic mass is 10.2. The van der Waals surface area contributed by atoms with E-state index in [0.717, 1.165) is 31.7 Å². The first kappa shape index (κ1) is 21.0. The number of alkyl halides is 3. The molecule has 0 aliphatic carbocycles. The Morgan fingerprint density at radius 1 is 1.28 bits per heavy atom. The molecule has 0 bridgehead atoms. The maximum Gasteiger partial charge on any atom is 0.422 e. The molecule has 1 atom stereocenters. The quantitative estimate of drug-likeness (QED) is 0.696. The largest absolute Gasteiger partial charge is 0.468 e. The molecule has 0 aromatic carbocycles. The summed E-state index contributed by atoms with van der Waals surface area (Å²) in [5.41, 5.74) is 0.578. The van der Waals surface area contributed by atoms with Gasteiger partial charge >= 0.3 is 12.2 Å². The minimum absolute atomic E-state index is 0.0402. The van der Waals surface area contributed by atoms with Crippen molar-refractivity contribution in [2.24, 2.45) is 0 Å². The maximum absolute atomic E-state index is 12.2. The van der Waals surface area contributed by atoms with Gasteiger partial charge in [-0.3, -0.25) is 4.90 Å². The third-order valence-electron chi connectivity index (χ3n) is 4.55. The summed E-state index contributed by atoms with van der Waals surface area (Å²) >= 11 is 0. The lowest BCUT2D eigenvalue weighted by Crippen LogP contribution is -2.41. The van der Waals surface area contributed by atoms with Crippen LogP contribution in [0.4, 0.5) is 18.0 Å². The summed E-state index contributed by atoms with van der Waals surface area (Å²) in [6.45, 7) is 1.00. The number of ether oxygens (including phenoxy) is 1. The van der Waals surface area contributed by atoms with Gasteiger partial charge in [-0.15, -0.1) is 0 Å². The van der Waals surface area contributed by atoms with Crippen LogP contribution in [0.15, 0.2) is 41.1 Å². The molecule has 2 amide bonds. The van der Waals surface area contributed by atoms with Gasteiger partial charge in [-0.1, -0.05) is 0 Å². The summed E-state index contributed by atoms with van der Waals surface area (Å²) in [5, 5.41) is 5.52. The molecule has 1 fully saturated rings. The number of amides is 2. The number of halogens is 3. The van der Waals surface area contributed by atoms with Crippen LogP contribution in [0.3, 0.4) is 0 Å². The highest BCUT2D eigenvalue weighted by atomic mass is 19.4. The molecule has 10 heteroatoms. The minimum Gasteiger partial charge on any atom is -0.468 e. The normalized spacial score (nSPS) is 15.8. The lowest BCUT2D eigenvalue weighted by molar-refractivity contribution is -0.154. The number of hydrogen-bond acceptors (Lipinski definition) is 5. The zero-order valence-electron chi connectivity index (χ0n) is 15.7. The molecule has 1 saturated heterocycles. The number of pyridine rings is 1. The standard InChI is InChI=1S/C19H23F3N4O3/c20-19(21,22)13-29-17-10-14(5-6-23-17)11-24-18(27)25-12-15(16-4-3-9-28-16)26-7-1-2-8-26/h3-6,9-10,15H,1-2,7-8,11-13H2,(H2,24,25,27). The summed E-state index contributed by atoms with van der Waals surface area (Å²) in [4.78, 5) is 18.2. The van der Waals surface area contributed by atoms with E-state index in [1.165, 1.54) is 12.3 Å². The van der Waals surface area contributed by atoms with Crippen LogP contribution >= 0.6 is 0 Å². The zero-order valence-corrected chi connectivity index (χ0v) is 15.7. The number of furan rings is 1. The van der Waals surface area contributed by atoms with Gasteiger partial charge in [0.15, 0.2) is 6.61 Å². The molecule has 1 unspecified atom stereocenters. The number of likely N-dealkylation sites (tertiary alicyclic amines) is 1. The number of carbonyl (C=O) groups is 1. The van der Waals surface area contributed by atoms with Crippen molar-refractivity contribution < 1.29 is 27.1 Å². The van der Waals surface area contributed by atoms with E-state index in [0.29, 0.717) is 12.1 Å². The van der Waals surface area contributed by atoms with E-state index in [-0.39, 0.29) is 24.5 Å². The first-order valence-electron chi connectivity index (χ1n) is 9.34. The summed E-state index contributed by atoms with van der Waals surface area (Å²) in [6.07, 6.45) is 0.741. The Morgan fingerprint density at radius 2 is 2.07 bits per heavy atom. The molecule has 0 radical (unpaired) electrons. The Labute approximate surface area is 166 Å². The highest BCUT2D eigenvalue weighted by Crippen LogP contribution is 2.24. The average molecular weight is 412 g/mol. The first-order chi connectivity index (χ1) is 13.9. The number of aromatic nitrogens is 1. The summed E-state index contributed by atoms with van der Waals surface area (Å²) in [7, 11) is 0. The zero-order chi connectivity index (χ0) is 20.7. The molecule has 1 aliphatic rings. The van der Waals surface area contributed by atoms with Crippen molar-refractivity contribution in [3.05, 3.63) is 48.0 Å². The van der Waals surface area contributed by atoms with Crippen LogP contribution in [0.2, 0.25) is 0 Å². The highest BCUT2D eigenvalue weighted by Gasteiger charge is 2.28. The van der Waals surface area contributed by atoms with Crippen molar-refractivity contribution in [3.8, 4) is 5.88 Å². The van der Waals surface area contributed by atoms with Gasteiger partial charge in [0.05, 0.1) is 12.3 Å². The summed E-state index contributed by atoms with van der Waals surface area (Å²) < 4.78 is 46.8. The van der Waals surface area contributed by atoms with Crippen LogP contribution in [0.25, 0.3) is 0 Å². The molecule has 29 heavy (non-hydrogen) atoms. The van der Waals surface area contributed by atoms with Crippen molar-refractivity contribution in [1.29, 1.82) is 0 Å². The molecule has 7 nitrogen and oxygen atoms in total. The molecule has 1 aliphatic heterocycles. The minimum atomic E-state index is -4.43. The number of rotatable bonds is 8. The van der Waals surface area contributed by atoms with Gasteiger partial charge in [0.25, 0.3) is 0 Å². The van der Waals surface area contributed by atoms with E-state index in [1.54, 1.807) is 12.3 Å². The monoisotopic (exact) mass is 412 g/mol. The predicted molar refractivity (Wildman–Crippen MR) is 98.3 cm³/mol. The molecular weight excluding hydrogens is 389 g/mol. The second kappa shape index (κ2) is 9.64. The van der Waals surface area contributed by atoms with Crippen molar-refractivity contribution in [1.82, 2.24) is 20.5 Å². The van der Waals surface area contributed by atoms with E-state index in [2.05, 4.69) is 25.3 Å².